The number of benzene rings is 1. The van der Waals surface area contributed by atoms with Gasteiger partial charge in [-0.05, 0) is 17.7 Å². The zero-order valence-corrected chi connectivity index (χ0v) is 7.95. The van der Waals surface area contributed by atoms with Crippen LogP contribution < -0.4 is 4.74 Å². The van der Waals surface area contributed by atoms with Gasteiger partial charge in [0, 0.05) is 6.07 Å². The summed E-state index contributed by atoms with van der Waals surface area (Å²) in [5.74, 6) is -0.113. The minimum atomic E-state index is -0.787. The number of halogens is 1. The van der Waals surface area contributed by atoms with Crippen LogP contribution in [0.1, 0.15) is 10.4 Å². The Labute approximate surface area is 84.4 Å². The molecule has 0 atom stereocenters. The van der Waals surface area contributed by atoms with Crippen LogP contribution in [-0.2, 0) is 0 Å². The van der Waals surface area contributed by atoms with E-state index in [9.17, 15) is 14.9 Å². The third-order valence-corrected chi connectivity index (χ3v) is 1.81. The lowest BCUT2D eigenvalue weighted by Crippen LogP contribution is -1.99. The van der Waals surface area contributed by atoms with Crippen molar-refractivity contribution in [1.29, 1.82) is 0 Å². The van der Waals surface area contributed by atoms with Crippen molar-refractivity contribution in [2.45, 2.75) is 0 Å². The normalized spacial score (nSPS) is 9.57. The smallest absolute Gasteiger partial charge is 0.311 e. The first-order chi connectivity index (χ1) is 6.57. The maximum absolute atomic E-state index is 10.9. The van der Waals surface area contributed by atoms with Gasteiger partial charge in [0.15, 0.2) is 0 Å². The summed E-state index contributed by atoms with van der Waals surface area (Å²) in [7, 11) is 1.24. The number of hydrogen-bond donors (Lipinski definition) is 0. The van der Waals surface area contributed by atoms with E-state index in [4.69, 9.17) is 16.3 Å². The maximum atomic E-state index is 10.9. The maximum Gasteiger partial charge on any atom is 0.311 e. The van der Waals surface area contributed by atoms with E-state index < -0.39 is 10.2 Å². The molecule has 0 aliphatic rings. The van der Waals surface area contributed by atoms with Crippen LogP contribution in [0.2, 0.25) is 0 Å². The predicted octanol–water partition coefficient (Wildman–Crippen LogP) is 1.98. The highest BCUT2D eigenvalue weighted by atomic mass is 35.5. The van der Waals surface area contributed by atoms with Crippen LogP contribution in [0.15, 0.2) is 18.2 Å². The molecule has 14 heavy (non-hydrogen) atoms. The van der Waals surface area contributed by atoms with Gasteiger partial charge in [0.05, 0.1) is 17.6 Å². The van der Waals surface area contributed by atoms with Gasteiger partial charge in [0.1, 0.15) is 0 Å². The topological polar surface area (TPSA) is 69.4 Å². The van der Waals surface area contributed by atoms with Crippen LogP contribution in [0.3, 0.4) is 0 Å². The fourth-order valence-corrected chi connectivity index (χ4v) is 1.19. The fourth-order valence-electron chi connectivity index (χ4n) is 1.04. The zero-order valence-electron chi connectivity index (χ0n) is 7.19. The number of carbonyl (C=O) groups is 1. The zero-order chi connectivity index (χ0) is 10.7. The van der Waals surface area contributed by atoms with Gasteiger partial charge in [0.25, 0.3) is 5.24 Å². The van der Waals surface area contributed by atoms with Gasteiger partial charge in [-0.25, -0.2) is 0 Å². The molecule has 0 unspecified atom stereocenters. The first-order valence-electron chi connectivity index (χ1n) is 3.59. The van der Waals surface area contributed by atoms with Crippen molar-refractivity contribution in [1.82, 2.24) is 0 Å². The van der Waals surface area contributed by atoms with Crippen molar-refractivity contribution in [2.75, 3.05) is 7.11 Å². The van der Waals surface area contributed by atoms with Crippen molar-refractivity contribution in [3.05, 3.63) is 33.9 Å². The van der Waals surface area contributed by atoms with Crippen LogP contribution in [0.5, 0.6) is 5.75 Å². The molecule has 1 rings (SSSR count). The molecular weight excluding hydrogens is 210 g/mol. The average molecular weight is 216 g/mol. The van der Waals surface area contributed by atoms with Crippen LogP contribution >= 0.6 is 11.6 Å². The van der Waals surface area contributed by atoms with Gasteiger partial charge in [-0.1, -0.05) is 6.07 Å². The Balaban J connectivity index is 3.39. The van der Waals surface area contributed by atoms with Crippen LogP contribution in [-0.4, -0.2) is 17.3 Å². The summed E-state index contributed by atoms with van der Waals surface area (Å²) in [5, 5.41) is 9.74. The van der Waals surface area contributed by atoms with Gasteiger partial charge in [-0.2, -0.15) is 0 Å². The SMILES string of the molecule is COc1c(C(=O)Cl)cccc1[N+](=O)[O-]. The summed E-state index contributed by atoms with van der Waals surface area (Å²) < 4.78 is 4.75. The molecule has 0 saturated heterocycles. The van der Waals surface area contributed by atoms with E-state index in [0.29, 0.717) is 0 Å². The standard InChI is InChI=1S/C8H6ClNO4/c1-14-7-5(8(9)11)3-2-4-6(7)10(12)13/h2-4H,1H3. The third-order valence-electron chi connectivity index (χ3n) is 1.61. The Morgan fingerprint density at radius 1 is 1.57 bits per heavy atom. The fraction of sp³-hybridized carbons (Fsp3) is 0.125. The lowest BCUT2D eigenvalue weighted by molar-refractivity contribution is -0.385. The van der Waals surface area contributed by atoms with E-state index >= 15 is 0 Å². The van der Waals surface area contributed by atoms with E-state index in [1.54, 1.807) is 0 Å². The Bertz CT molecular complexity index is 359. The molecule has 0 fully saturated rings. The molecule has 0 radical (unpaired) electrons. The minimum absolute atomic E-state index is 0.0108. The number of ether oxygens (including phenoxy) is 1. The van der Waals surface area contributed by atoms with Crippen molar-refractivity contribution in [3.8, 4) is 5.75 Å². The van der Waals surface area contributed by atoms with E-state index in [0.717, 1.165) is 0 Å². The van der Waals surface area contributed by atoms with Gasteiger partial charge in [-0.3, -0.25) is 14.9 Å². The van der Waals surface area contributed by atoms with E-state index in [-0.39, 0.29) is 17.0 Å². The van der Waals surface area contributed by atoms with Gasteiger partial charge >= 0.3 is 5.69 Å². The van der Waals surface area contributed by atoms with E-state index in [1.165, 1.54) is 25.3 Å². The second kappa shape index (κ2) is 4.06. The number of nitrogens with zero attached hydrogens (tertiary/aromatic N) is 1. The number of nitro groups is 1. The summed E-state index contributed by atoms with van der Waals surface area (Å²) in [6.45, 7) is 0. The number of para-hydroxylation sites is 1. The average Bonchev–Trinajstić information content (AvgIpc) is 2.16. The Morgan fingerprint density at radius 2 is 2.21 bits per heavy atom. The summed E-state index contributed by atoms with van der Waals surface area (Å²) in [5.41, 5.74) is -0.289. The van der Waals surface area contributed by atoms with Crippen molar-refractivity contribution < 1.29 is 14.5 Å². The molecule has 0 heterocycles. The summed E-state index contributed by atoms with van der Waals surface area (Å²) in [4.78, 5) is 20.8. The van der Waals surface area contributed by atoms with Crippen LogP contribution in [0.25, 0.3) is 0 Å². The van der Waals surface area contributed by atoms with Crippen LogP contribution in [0.4, 0.5) is 5.69 Å². The first-order valence-corrected chi connectivity index (χ1v) is 3.97. The van der Waals surface area contributed by atoms with Crippen molar-refractivity contribution in [3.63, 3.8) is 0 Å². The van der Waals surface area contributed by atoms with Gasteiger partial charge in [-0.15, -0.1) is 0 Å². The molecule has 0 spiro atoms. The minimum Gasteiger partial charge on any atom is -0.490 e. The number of hydrogen-bond acceptors (Lipinski definition) is 4. The predicted molar refractivity (Wildman–Crippen MR) is 49.8 cm³/mol. The van der Waals surface area contributed by atoms with Gasteiger partial charge in [0.2, 0.25) is 5.75 Å². The lowest BCUT2D eigenvalue weighted by Gasteiger charge is -2.04. The molecular formula is C8H6ClNO4. The molecule has 6 heteroatoms. The number of nitro benzene ring substituents is 1. The number of carbonyl (C=O) groups excluding carboxylic acids is 1. The molecule has 0 aromatic heterocycles. The number of methoxy groups -OCH3 is 1. The number of rotatable bonds is 3. The van der Waals surface area contributed by atoms with Crippen LogP contribution in [0, 0.1) is 10.1 Å². The molecule has 0 amide bonds. The highest BCUT2D eigenvalue weighted by Crippen LogP contribution is 2.31. The largest absolute Gasteiger partial charge is 0.490 e. The lowest BCUT2D eigenvalue weighted by atomic mass is 10.2. The highest BCUT2D eigenvalue weighted by molar-refractivity contribution is 6.68. The third kappa shape index (κ3) is 1.82. The molecule has 74 valence electrons. The highest BCUT2D eigenvalue weighted by Gasteiger charge is 2.20. The molecule has 0 N–H and O–H groups in total. The van der Waals surface area contributed by atoms with Gasteiger partial charge < -0.3 is 4.74 Å². The summed E-state index contributed by atoms with van der Waals surface area (Å²) in [6, 6.07) is 3.97. The van der Waals surface area contributed by atoms with Crippen molar-refractivity contribution in [2.24, 2.45) is 0 Å². The van der Waals surface area contributed by atoms with E-state index in [2.05, 4.69) is 0 Å². The molecule has 1 aromatic carbocycles. The Kier molecular flexibility index (Phi) is 3.03. The quantitative estimate of drug-likeness (QED) is 0.439. The molecule has 0 aliphatic carbocycles. The monoisotopic (exact) mass is 215 g/mol. The Morgan fingerprint density at radius 3 is 2.64 bits per heavy atom. The first kappa shape index (κ1) is 10.5. The molecule has 1 aromatic rings. The molecule has 0 bridgehead atoms. The molecule has 0 aliphatic heterocycles. The second-order valence-corrected chi connectivity index (χ2v) is 2.73. The molecule has 0 saturated carbocycles. The summed E-state index contributed by atoms with van der Waals surface area (Å²) >= 11 is 5.22. The molecule has 5 nitrogen and oxygen atoms in total. The second-order valence-electron chi connectivity index (χ2n) is 2.39. The Hall–Kier alpha value is -1.62. The summed E-state index contributed by atoms with van der Waals surface area (Å²) in [6.07, 6.45) is 0. The van der Waals surface area contributed by atoms with Crippen molar-refractivity contribution >= 4 is 22.5 Å². The van der Waals surface area contributed by atoms with E-state index in [1.807, 2.05) is 0 Å².